The minimum absolute atomic E-state index is 0.372. The van der Waals surface area contributed by atoms with Crippen molar-refractivity contribution in [3.63, 3.8) is 0 Å². The van der Waals surface area contributed by atoms with E-state index in [2.05, 4.69) is 32.6 Å². The molecule has 5 unspecified atom stereocenters. The minimum atomic E-state index is 0.372. The number of hydrogen-bond acceptors (Lipinski definition) is 3. The Morgan fingerprint density at radius 1 is 1.26 bits per heavy atom. The molecule has 1 heterocycles. The van der Waals surface area contributed by atoms with E-state index < -0.39 is 0 Å². The molecule has 2 fully saturated rings. The second-order valence-electron chi connectivity index (χ2n) is 7.19. The third kappa shape index (κ3) is 3.93. The zero-order valence-corrected chi connectivity index (χ0v) is 13.1. The van der Waals surface area contributed by atoms with E-state index in [1.54, 1.807) is 0 Å². The Hall–Kier alpha value is -0.120. The third-order valence-electron chi connectivity index (χ3n) is 5.23. The lowest BCUT2D eigenvalue weighted by atomic mass is 9.73. The van der Waals surface area contributed by atoms with Crippen LogP contribution in [-0.4, -0.2) is 42.8 Å². The molecule has 3 heteroatoms. The molecule has 1 saturated heterocycles. The summed E-state index contributed by atoms with van der Waals surface area (Å²) in [5.74, 6) is 2.35. The summed E-state index contributed by atoms with van der Waals surface area (Å²) in [6.45, 7) is 12.3. The lowest BCUT2D eigenvalue weighted by Gasteiger charge is -2.43. The molecule has 112 valence electrons. The Labute approximate surface area is 118 Å². The van der Waals surface area contributed by atoms with Crippen molar-refractivity contribution in [1.29, 1.82) is 0 Å². The van der Waals surface area contributed by atoms with Crippen molar-refractivity contribution in [3.8, 4) is 0 Å². The Balaban J connectivity index is 1.92. The van der Waals surface area contributed by atoms with Gasteiger partial charge in [-0.1, -0.05) is 13.8 Å². The Bertz CT molecular complexity index is 282. The van der Waals surface area contributed by atoms with E-state index in [4.69, 9.17) is 10.5 Å². The standard InChI is InChI=1S/C16H32N2O/c1-11(2)14-5-6-16(17)15(7-14)9-18-8-13(4)19-10-12(18)3/h11-16H,5-10,17H2,1-4H3. The van der Waals surface area contributed by atoms with Crippen molar-refractivity contribution >= 4 is 0 Å². The predicted molar refractivity (Wildman–Crippen MR) is 80.1 cm³/mol. The first-order valence-electron chi connectivity index (χ1n) is 8.08. The van der Waals surface area contributed by atoms with Crippen LogP contribution in [0.2, 0.25) is 0 Å². The van der Waals surface area contributed by atoms with Crippen LogP contribution in [0.15, 0.2) is 0 Å². The summed E-state index contributed by atoms with van der Waals surface area (Å²) in [4.78, 5) is 2.60. The SMILES string of the molecule is CC1CN(CC2CC(C(C)C)CCC2N)C(C)CO1. The molecular weight excluding hydrogens is 236 g/mol. The maximum atomic E-state index is 6.38. The van der Waals surface area contributed by atoms with E-state index in [1.807, 2.05) is 0 Å². The van der Waals surface area contributed by atoms with Gasteiger partial charge in [-0.25, -0.2) is 0 Å². The van der Waals surface area contributed by atoms with Gasteiger partial charge in [0.25, 0.3) is 0 Å². The minimum Gasteiger partial charge on any atom is -0.376 e. The molecule has 2 N–H and O–H groups in total. The van der Waals surface area contributed by atoms with Gasteiger partial charge in [0.2, 0.25) is 0 Å². The van der Waals surface area contributed by atoms with E-state index in [1.165, 1.54) is 25.8 Å². The van der Waals surface area contributed by atoms with Crippen molar-refractivity contribution in [2.24, 2.45) is 23.5 Å². The Morgan fingerprint density at radius 3 is 2.68 bits per heavy atom. The van der Waals surface area contributed by atoms with Crippen LogP contribution in [0.5, 0.6) is 0 Å². The molecule has 0 aromatic rings. The monoisotopic (exact) mass is 268 g/mol. The molecule has 0 aromatic carbocycles. The molecule has 1 aliphatic carbocycles. The summed E-state index contributed by atoms with van der Waals surface area (Å²) < 4.78 is 5.72. The molecule has 2 aliphatic rings. The molecule has 0 aromatic heterocycles. The highest BCUT2D eigenvalue weighted by Crippen LogP contribution is 2.34. The zero-order chi connectivity index (χ0) is 14.0. The molecule has 3 nitrogen and oxygen atoms in total. The molecule has 19 heavy (non-hydrogen) atoms. The highest BCUT2D eigenvalue weighted by Gasteiger charge is 2.33. The summed E-state index contributed by atoms with van der Waals surface area (Å²) in [5.41, 5.74) is 6.38. The lowest BCUT2D eigenvalue weighted by Crippen LogP contribution is -2.52. The lowest BCUT2D eigenvalue weighted by molar-refractivity contribution is -0.0582. The number of ether oxygens (including phenoxy) is 1. The van der Waals surface area contributed by atoms with Gasteiger partial charge < -0.3 is 10.5 Å². The average Bonchev–Trinajstić information content (AvgIpc) is 2.36. The van der Waals surface area contributed by atoms with E-state index in [0.29, 0.717) is 24.1 Å². The summed E-state index contributed by atoms with van der Waals surface area (Å²) in [6.07, 6.45) is 4.22. The van der Waals surface area contributed by atoms with E-state index >= 15 is 0 Å². The molecule has 1 aliphatic heterocycles. The topological polar surface area (TPSA) is 38.5 Å². The maximum Gasteiger partial charge on any atom is 0.0674 e. The fraction of sp³-hybridized carbons (Fsp3) is 1.00. The van der Waals surface area contributed by atoms with Crippen LogP contribution in [0.3, 0.4) is 0 Å². The highest BCUT2D eigenvalue weighted by atomic mass is 16.5. The average molecular weight is 268 g/mol. The van der Waals surface area contributed by atoms with Crippen molar-refractivity contribution in [2.45, 2.75) is 65.1 Å². The second-order valence-corrected chi connectivity index (χ2v) is 7.19. The molecule has 0 amide bonds. The number of hydrogen-bond donors (Lipinski definition) is 1. The predicted octanol–water partition coefficient (Wildman–Crippen LogP) is 2.50. The normalized spacial score (nSPS) is 41.7. The van der Waals surface area contributed by atoms with Gasteiger partial charge >= 0.3 is 0 Å². The van der Waals surface area contributed by atoms with Gasteiger partial charge in [-0.05, 0) is 50.9 Å². The molecule has 2 rings (SSSR count). The molecule has 0 bridgehead atoms. The van der Waals surface area contributed by atoms with Crippen molar-refractivity contribution < 1.29 is 4.74 Å². The van der Waals surface area contributed by atoms with Crippen LogP contribution in [0, 0.1) is 17.8 Å². The van der Waals surface area contributed by atoms with Crippen LogP contribution in [0.4, 0.5) is 0 Å². The van der Waals surface area contributed by atoms with Crippen LogP contribution in [0.25, 0.3) is 0 Å². The van der Waals surface area contributed by atoms with Gasteiger partial charge in [-0.15, -0.1) is 0 Å². The van der Waals surface area contributed by atoms with Gasteiger partial charge in [0.15, 0.2) is 0 Å². The van der Waals surface area contributed by atoms with Gasteiger partial charge in [0, 0.05) is 25.2 Å². The smallest absolute Gasteiger partial charge is 0.0674 e. The number of nitrogens with two attached hydrogens (primary N) is 1. The molecule has 0 radical (unpaired) electrons. The third-order valence-corrected chi connectivity index (χ3v) is 5.23. The van der Waals surface area contributed by atoms with Crippen molar-refractivity contribution in [3.05, 3.63) is 0 Å². The van der Waals surface area contributed by atoms with Gasteiger partial charge in [0.1, 0.15) is 0 Å². The molecule has 1 saturated carbocycles. The van der Waals surface area contributed by atoms with Gasteiger partial charge in [0.05, 0.1) is 12.7 Å². The highest BCUT2D eigenvalue weighted by molar-refractivity contribution is 4.87. The van der Waals surface area contributed by atoms with Crippen LogP contribution in [-0.2, 0) is 4.74 Å². The number of nitrogens with zero attached hydrogens (tertiary/aromatic N) is 1. The van der Waals surface area contributed by atoms with E-state index in [-0.39, 0.29) is 0 Å². The summed E-state index contributed by atoms with van der Waals surface area (Å²) >= 11 is 0. The molecular formula is C16H32N2O. The number of rotatable bonds is 3. The first kappa shape index (κ1) is 15.3. The van der Waals surface area contributed by atoms with Crippen molar-refractivity contribution in [2.75, 3.05) is 19.7 Å². The summed E-state index contributed by atoms with van der Waals surface area (Å²) in [5, 5.41) is 0. The fourth-order valence-corrected chi connectivity index (χ4v) is 3.67. The van der Waals surface area contributed by atoms with Gasteiger partial charge in [-0.2, -0.15) is 0 Å². The quantitative estimate of drug-likeness (QED) is 0.854. The maximum absolute atomic E-state index is 6.38. The first-order valence-corrected chi connectivity index (χ1v) is 8.08. The fourth-order valence-electron chi connectivity index (χ4n) is 3.67. The van der Waals surface area contributed by atoms with Crippen LogP contribution >= 0.6 is 0 Å². The van der Waals surface area contributed by atoms with Gasteiger partial charge in [-0.3, -0.25) is 4.90 Å². The van der Waals surface area contributed by atoms with Crippen molar-refractivity contribution in [1.82, 2.24) is 4.90 Å². The Morgan fingerprint density at radius 2 is 2.00 bits per heavy atom. The Kier molecular flexibility index (Phi) is 5.27. The first-order chi connectivity index (χ1) is 8.97. The largest absolute Gasteiger partial charge is 0.376 e. The van der Waals surface area contributed by atoms with E-state index in [9.17, 15) is 0 Å². The second kappa shape index (κ2) is 6.55. The van der Waals surface area contributed by atoms with Crippen LogP contribution in [0.1, 0.15) is 47.0 Å². The van der Waals surface area contributed by atoms with Crippen LogP contribution < -0.4 is 5.73 Å². The zero-order valence-electron chi connectivity index (χ0n) is 13.1. The molecule has 5 atom stereocenters. The molecule has 0 spiro atoms. The summed E-state index contributed by atoms with van der Waals surface area (Å²) in [6, 6.07) is 0.947. The number of morpholine rings is 1. The summed E-state index contributed by atoms with van der Waals surface area (Å²) in [7, 11) is 0. The van der Waals surface area contributed by atoms with E-state index in [0.717, 1.165) is 25.0 Å².